The van der Waals surface area contributed by atoms with E-state index in [0.29, 0.717) is 18.2 Å². The molecule has 5 nitrogen and oxygen atoms in total. The summed E-state index contributed by atoms with van der Waals surface area (Å²) in [5.41, 5.74) is 10.4. The molecule has 0 radical (unpaired) electrons. The second-order valence-electron chi connectivity index (χ2n) is 9.53. The van der Waals surface area contributed by atoms with E-state index in [0.717, 1.165) is 46.7 Å². The fraction of sp³-hybridized carbons (Fsp3) is 0.258. The van der Waals surface area contributed by atoms with Crippen LogP contribution in [0.25, 0.3) is 11.1 Å². The fourth-order valence-corrected chi connectivity index (χ4v) is 6.07. The molecule has 37 heavy (non-hydrogen) atoms. The third kappa shape index (κ3) is 4.08. The van der Waals surface area contributed by atoms with Crippen LogP contribution in [0.2, 0.25) is 5.02 Å². The molecule has 4 aromatic rings. The van der Waals surface area contributed by atoms with Crippen molar-refractivity contribution in [3.8, 4) is 16.9 Å². The highest BCUT2D eigenvalue weighted by molar-refractivity contribution is 6.30. The summed E-state index contributed by atoms with van der Waals surface area (Å²) in [6, 6.07) is 22.6. The summed E-state index contributed by atoms with van der Waals surface area (Å²) in [7, 11) is 1.72. The van der Waals surface area contributed by atoms with Gasteiger partial charge in [-0.2, -0.15) is 0 Å². The average molecular weight is 513 g/mol. The highest BCUT2D eigenvalue weighted by Gasteiger charge is 2.35. The number of nitrogens with zero attached hydrogens (tertiary/aromatic N) is 1. The number of ether oxygens (including phenoxy) is 2. The lowest BCUT2D eigenvalue weighted by Gasteiger charge is -2.24. The lowest BCUT2D eigenvalue weighted by molar-refractivity contribution is -0.142. The third-order valence-electron chi connectivity index (χ3n) is 7.50. The van der Waals surface area contributed by atoms with Crippen molar-refractivity contribution in [2.45, 2.75) is 38.8 Å². The molecule has 0 saturated heterocycles. The van der Waals surface area contributed by atoms with E-state index in [1.54, 1.807) is 7.11 Å². The molecule has 188 valence electrons. The SMILES string of the molecule is CCOC(=O)Cc1c2c(c3n1Cc1ccccc1NC3c1ccc(Cl)cc1)CCc1c(OC)cccc1-2. The van der Waals surface area contributed by atoms with Gasteiger partial charge in [-0.1, -0.05) is 54.1 Å². The monoisotopic (exact) mass is 512 g/mol. The zero-order valence-electron chi connectivity index (χ0n) is 21.0. The Hall–Kier alpha value is -3.70. The second kappa shape index (κ2) is 9.64. The van der Waals surface area contributed by atoms with Gasteiger partial charge in [-0.25, -0.2) is 0 Å². The van der Waals surface area contributed by atoms with Crippen LogP contribution >= 0.6 is 11.6 Å². The fourth-order valence-electron chi connectivity index (χ4n) is 5.95. The first kappa shape index (κ1) is 23.7. The van der Waals surface area contributed by atoms with Gasteiger partial charge in [0, 0.05) is 39.8 Å². The molecule has 1 N–H and O–H groups in total. The Balaban J connectivity index is 1.64. The van der Waals surface area contributed by atoms with Gasteiger partial charge in [-0.05, 0) is 66.3 Å². The van der Waals surface area contributed by atoms with Crippen LogP contribution in [0.3, 0.4) is 0 Å². The number of esters is 1. The molecule has 1 atom stereocenters. The van der Waals surface area contributed by atoms with Crippen molar-refractivity contribution in [3.05, 3.63) is 105 Å². The zero-order chi connectivity index (χ0) is 25.5. The third-order valence-corrected chi connectivity index (χ3v) is 7.75. The predicted molar refractivity (Wildman–Crippen MR) is 147 cm³/mol. The van der Waals surface area contributed by atoms with E-state index in [2.05, 4.69) is 52.3 Å². The summed E-state index contributed by atoms with van der Waals surface area (Å²) in [5, 5.41) is 4.54. The van der Waals surface area contributed by atoms with Crippen LogP contribution in [0, 0.1) is 0 Å². The van der Waals surface area contributed by atoms with Crippen LogP contribution in [0.15, 0.2) is 66.7 Å². The van der Waals surface area contributed by atoms with E-state index < -0.39 is 0 Å². The van der Waals surface area contributed by atoms with Gasteiger partial charge in [-0.3, -0.25) is 4.79 Å². The molecule has 0 bridgehead atoms. The molecule has 1 aromatic heterocycles. The van der Waals surface area contributed by atoms with Crippen molar-refractivity contribution in [2.24, 2.45) is 0 Å². The Morgan fingerprint density at radius 1 is 1.03 bits per heavy atom. The van der Waals surface area contributed by atoms with Crippen LogP contribution in [0.1, 0.15) is 46.6 Å². The van der Waals surface area contributed by atoms with Gasteiger partial charge in [0.15, 0.2) is 0 Å². The molecule has 6 heteroatoms. The van der Waals surface area contributed by atoms with Crippen molar-refractivity contribution in [2.75, 3.05) is 19.0 Å². The maximum atomic E-state index is 12.9. The Labute approximate surface area is 222 Å². The van der Waals surface area contributed by atoms with Crippen molar-refractivity contribution >= 4 is 23.3 Å². The molecule has 0 spiro atoms. The van der Waals surface area contributed by atoms with Crippen LogP contribution in [-0.2, 0) is 35.3 Å². The van der Waals surface area contributed by atoms with Gasteiger partial charge in [0.05, 0.1) is 26.2 Å². The number of para-hydroxylation sites is 1. The summed E-state index contributed by atoms with van der Waals surface area (Å²) >= 11 is 6.27. The second-order valence-corrected chi connectivity index (χ2v) is 9.96. The van der Waals surface area contributed by atoms with E-state index in [-0.39, 0.29) is 18.4 Å². The van der Waals surface area contributed by atoms with Crippen molar-refractivity contribution in [3.63, 3.8) is 0 Å². The molecule has 0 fully saturated rings. The highest BCUT2D eigenvalue weighted by Crippen LogP contribution is 2.47. The summed E-state index contributed by atoms with van der Waals surface area (Å²) in [6.45, 7) is 2.88. The van der Waals surface area contributed by atoms with E-state index in [1.807, 2.05) is 31.2 Å². The minimum atomic E-state index is -0.214. The number of rotatable bonds is 5. The van der Waals surface area contributed by atoms with E-state index in [4.69, 9.17) is 21.1 Å². The largest absolute Gasteiger partial charge is 0.496 e. The average Bonchev–Trinajstić information content (AvgIpc) is 3.09. The van der Waals surface area contributed by atoms with Crippen LogP contribution in [-0.4, -0.2) is 24.3 Å². The summed E-state index contributed by atoms with van der Waals surface area (Å²) in [4.78, 5) is 12.9. The number of methoxy groups -OCH3 is 1. The van der Waals surface area contributed by atoms with Gasteiger partial charge in [0.2, 0.25) is 0 Å². The smallest absolute Gasteiger partial charge is 0.311 e. The molecule has 2 aliphatic rings. The molecule has 0 amide bonds. The number of aromatic nitrogens is 1. The maximum Gasteiger partial charge on any atom is 0.311 e. The van der Waals surface area contributed by atoms with Crippen molar-refractivity contribution in [1.82, 2.24) is 4.57 Å². The van der Waals surface area contributed by atoms with Gasteiger partial charge >= 0.3 is 5.97 Å². The van der Waals surface area contributed by atoms with Crippen molar-refractivity contribution < 1.29 is 14.3 Å². The maximum absolute atomic E-state index is 12.9. The summed E-state index contributed by atoms with van der Waals surface area (Å²) in [6.07, 6.45) is 1.95. The first-order valence-corrected chi connectivity index (χ1v) is 13.1. The summed E-state index contributed by atoms with van der Waals surface area (Å²) < 4.78 is 13.5. The number of nitrogens with one attached hydrogen (secondary N) is 1. The number of fused-ring (bicyclic) bond motifs is 6. The molecule has 1 unspecified atom stereocenters. The van der Waals surface area contributed by atoms with Gasteiger partial charge < -0.3 is 19.4 Å². The highest BCUT2D eigenvalue weighted by atomic mass is 35.5. The minimum Gasteiger partial charge on any atom is -0.496 e. The molecular formula is C31H29ClN2O3. The number of carbonyl (C=O) groups excluding carboxylic acids is 1. The quantitative estimate of drug-likeness (QED) is 0.307. The van der Waals surface area contributed by atoms with Gasteiger partial charge in [-0.15, -0.1) is 0 Å². The Morgan fingerprint density at radius 3 is 2.59 bits per heavy atom. The predicted octanol–water partition coefficient (Wildman–Crippen LogP) is 6.58. The molecule has 3 aromatic carbocycles. The first-order valence-electron chi connectivity index (χ1n) is 12.7. The lowest BCUT2D eigenvalue weighted by atomic mass is 9.83. The first-order chi connectivity index (χ1) is 18.1. The van der Waals surface area contributed by atoms with E-state index >= 15 is 0 Å². The van der Waals surface area contributed by atoms with Crippen molar-refractivity contribution in [1.29, 1.82) is 0 Å². The molecule has 1 aliphatic carbocycles. The molecule has 6 rings (SSSR count). The van der Waals surface area contributed by atoms with Gasteiger partial charge in [0.25, 0.3) is 0 Å². The lowest BCUT2D eigenvalue weighted by Crippen LogP contribution is -2.18. The zero-order valence-corrected chi connectivity index (χ0v) is 21.8. The standard InChI is InChI=1S/C31H29ClN2O3/c1-3-37-28(35)17-26-29-23-8-6-10-27(36-2)22(23)15-16-24(29)31-30(19-11-13-21(32)14-12-19)33-25-9-5-4-7-20(25)18-34(26)31/h4-14,30,33H,3,15-18H2,1-2H3. The number of anilines is 1. The van der Waals surface area contributed by atoms with E-state index in [1.165, 1.54) is 22.4 Å². The summed E-state index contributed by atoms with van der Waals surface area (Å²) in [5.74, 6) is 0.679. The number of carbonyl (C=O) groups is 1. The number of hydrogen-bond acceptors (Lipinski definition) is 4. The minimum absolute atomic E-state index is 0.0993. The van der Waals surface area contributed by atoms with Crippen LogP contribution in [0.4, 0.5) is 5.69 Å². The Morgan fingerprint density at radius 2 is 1.81 bits per heavy atom. The number of halogens is 1. The van der Waals surface area contributed by atoms with E-state index in [9.17, 15) is 4.79 Å². The van der Waals surface area contributed by atoms with Crippen LogP contribution < -0.4 is 10.1 Å². The topological polar surface area (TPSA) is 52.5 Å². The van der Waals surface area contributed by atoms with Gasteiger partial charge in [0.1, 0.15) is 5.75 Å². The molecule has 2 heterocycles. The molecule has 1 aliphatic heterocycles. The Bertz CT molecular complexity index is 1490. The Kier molecular flexibility index (Phi) is 6.17. The van der Waals surface area contributed by atoms with Crippen LogP contribution in [0.5, 0.6) is 5.75 Å². The molecular weight excluding hydrogens is 484 g/mol. The number of hydrogen-bond donors (Lipinski definition) is 1. The molecule has 0 saturated carbocycles. The normalized spacial score (nSPS) is 15.4. The number of benzene rings is 3.